The van der Waals surface area contributed by atoms with Crippen molar-refractivity contribution < 1.29 is 0 Å². The molecule has 1 aromatic carbocycles. The van der Waals surface area contributed by atoms with Crippen LogP contribution in [0.25, 0.3) is 10.9 Å². The lowest BCUT2D eigenvalue weighted by Gasteiger charge is -2.05. The van der Waals surface area contributed by atoms with Gasteiger partial charge in [-0.05, 0) is 38.1 Å². The van der Waals surface area contributed by atoms with Crippen molar-refractivity contribution in [2.45, 2.75) is 13.8 Å². The number of aromatic nitrogens is 1. The highest BCUT2D eigenvalue weighted by atomic mass is 14.9. The quantitative estimate of drug-likeness (QED) is 0.826. The van der Waals surface area contributed by atoms with Crippen LogP contribution in [0.1, 0.15) is 13.8 Å². The van der Waals surface area contributed by atoms with E-state index >= 15 is 0 Å². The van der Waals surface area contributed by atoms with E-state index in [2.05, 4.69) is 15.3 Å². The summed E-state index contributed by atoms with van der Waals surface area (Å²) in [7, 11) is 1.89. The maximum atomic E-state index is 5.63. The largest absolute Gasteiger partial charge is 0.402 e. The van der Waals surface area contributed by atoms with Gasteiger partial charge in [0.05, 0.1) is 11.2 Å². The van der Waals surface area contributed by atoms with Crippen molar-refractivity contribution in [3.05, 3.63) is 42.1 Å². The van der Waals surface area contributed by atoms with Gasteiger partial charge in [-0.2, -0.15) is 0 Å². The van der Waals surface area contributed by atoms with E-state index in [9.17, 15) is 0 Å². The van der Waals surface area contributed by atoms with E-state index in [0.29, 0.717) is 5.82 Å². The summed E-state index contributed by atoms with van der Waals surface area (Å²) in [6.45, 7) is 3.75. The van der Waals surface area contributed by atoms with Gasteiger partial charge in [-0.25, -0.2) is 9.98 Å². The highest BCUT2D eigenvalue weighted by Gasteiger charge is 2.02. The molecule has 4 heteroatoms. The first-order valence-corrected chi connectivity index (χ1v) is 6.17. The summed E-state index contributed by atoms with van der Waals surface area (Å²) in [6, 6.07) is 9.97. The molecule has 0 fully saturated rings. The zero-order chi connectivity index (χ0) is 13.8. The minimum Gasteiger partial charge on any atom is -0.402 e. The summed E-state index contributed by atoms with van der Waals surface area (Å²) in [5, 5.41) is 4.23. The van der Waals surface area contributed by atoms with E-state index in [1.165, 1.54) is 0 Å². The standard InChI is InChI=1S/C15H18N4/c1-10(16)9-11(2)18-14-8-7-12-5-4-6-13(17-3)15(12)19-14/h4-9,17H,16H2,1-3H3/b10-9-,18-11?. The molecule has 2 aromatic rings. The van der Waals surface area contributed by atoms with Gasteiger partial charge >= 0.3 is 0 Å². The third-order valence-corrected chi connectivity index (χ3v) is 2.70. The molecule has 0 amide bonds. The Hall–Kier alpha value is -2.36. The number of benzene rings is 1. The lowest BCUT2D eigenvalue weighted by Crippen LogP contribution is -1.95. The number of hydrogen-bond donors (Lipinski definition) is 2. The molecule has 0 radical (unpaired) electrons. The predicted molar refractivity (Wildman–Crippen MR) is 82.0 cm³/mol. The van der Waals surface area contributed by atoms with Crippen LogP contribution < -0.4 is 11.1 Å². The highest BCUT2D eigenvalue weighted by Crippen LogP contribution is 2.23. The zero-order valence-corrected chi connectivity index (χ0v) is 11.4. The second kappa shape index (κ2) is 5.52. The van der Waals surface area contributed by atoms with E-state index in [0.717, 1.165) is 28.0 Å². The van der Waals surface area contributed by atoms with E-state index in [1.807, 2.05) is 57.3 Å². The number of allylic oxidation sites excluding steroid dienone is 2. The Bertz CT molecular complexity index is 652. The molecule has 98 valence electrons. The average molecular weight is 254 g/mol. The Kier molecular flexibility index (Phi) is 3.80. The second-order valence-corrected chi connectivity index (χ2v) is 4.44. The molecule has 1 heterocycles. The van der Waals surface area contributed by atoms with Crippen LogP contribution in [-0.4, -0.2) is 17.7 Å². The van der Waals surface area contributed by atoms with Gasteiger partial charge in [-0.1, -0.05) is 12.1 Å². The summed E-state index contributed by atoms with van der Waals surface area (Å²) >= 11 is 0. The number of para-hydroxylation sites is 1. The van der Waals surface area contributed by atoms with Crippen LogP contribution in [0.4, 0.5) is 11.5 Å². The van der Waals surface area contributed by atoms with Gasteiger partial charge in [0.25, 0.3) is 0 Å². The van der Waals surface area contributed by atoms with E-state index in [1.54, 1.807) is 0 Å². The number of pyridine rings is 1. The summed E-state index contributed by atoms with van der Waals surface area (Å²) in [6.07, 6.45) is 1.83. The fraction of sp³-hybridized carbons (Fsp3) is 0.200. The molecule has 0 saturated heterocycles. The van der Waals surface area contributed by atoms with Crippen molar-refractivity contribution in [2.24, 2.45) is 10.7 Å². The number of aliphatic imine (C=N–C) groups is 1. The summed E-state index contributed by atoms with van der Waals surface area (Å²) < 4.78 is 0. The van der Waals surface area contributed by atoms with Gasteiger partial charge in [0.1, 0.15) is 0 Å². The van der Waals surface area contributed by atoms with Gasteiger partial charge in [-0.15, -0.1) is 0 Å². The molecule has 0 unspecified atom stereocenters. The predicted octanol–water partition coefficient (Wildman–Crippen LogP) is 3.23. The third-order valence-electron chi connectivity index (χ3n) is 2.70. The smallest absolute Gasteiger partial charge is 0.152 e. The monoisotopic (exact) mass is 254 g/mol. The van der Waals surface area contributed by atoms with Crippen LogP contribution in [0.2, 0.25) is 0 Å². The number of nitrogens with two attached hydrogens (primary N) is 1. The Morgan fingerprint density at radius 1 is 1.26 bits per heavy atom. The number of hydrogen-bond acceptors (Lipinski definition) is 4. The van der Waals surface area contributed by atoms with Crippen LogP contribution in [-0.2, 0) is 0 Å². The van der Waals surface area contributed by atoms with Crippen molar-refractivity contribution >= 4 is 28.1 Å². The molecule has 19 heavy (non-hydrogen) atoms. The zero-order valence-electron chi connectivity index (χ0n) is 11.4. The first kappa shape index (κ1) is 13.1. The molecule has 0 bridgehead atoms. The van der Waals surface area contributed by atoms with Crippen LogP contribution >= 0.6 is 0 Å². The number of anilines is 1. The Labute approximate surface area is 113 Å². The molecular formula is C15H18N4. The van der Waals surface area contributed by atoms with Crippen LogP contribution in [0.5, 0.6) is 0 Å². The average Bonchev–Trinajstić information content (AvgIpc) is 2.36. The third kappa shape index (κ3) is 3.10. The molecule has 0 spiro atoms. The van der Waals surface area contributed by atoms with E-state index in [4.69, 9.17) is 5.73 Å². The Morgan fingerprint density at radius 3 is 2.74 bits per heavy atom. The van der Waals surface area contributed by atoms with E-state index < -0.39 is 0 Å². The molecule has 0 saturated carbocycles. The van der Waals surface area contributed by atoms with Crippen molar-refractivity contribution in [1.29, 1.82) is 0 Å². The summed E-state index contributed by atoms with van der Waals surface area (Å²) in [5.74, 6) is 0.685. The molecule has 4 nitrogen and oxygen atoms in total. The molecule has 0 aliphatic heterocycles. The second-order valence-electron chi connectivity index (χ2n) is 4.44. The van der Waals surface area contributed by atoms with Crippen molar-refractivity contribution in [2.75, 3.05) is 12.4 Å². The van der Waals surface area contributed by atoms with Gasteiger partial charge in [0.2, 0.25) is 0 Å². The van der Waals surface area contributed by atoms with Crippen LogP contribution in [0.3, 0.4) is 0 Å². The van der Waals surface area contributed by atoms with Gasteiger partial charge in [0.15, 0.2) is 5.82 Å². The lowest BCUT2D eigenvalue weighted by atomic mass is 10.2. The lowest BCUT2D eigenvalue weighted by molar-refractivity contribution is 1.30. The topological polar surface area (TPSA) is 63.3 Å². The first-order chi connectivity index (χ1) is 9.10. The normalized spacial score (nSPS) is 12.8. The molecule has 1 aromatic heterocycles. The van der Waals surface area contributed by atoms with Crippen molar-refractivity contribution in [1.82, 2.24) is 4.98 Å². The van der Waals surface area contributed by atoms with Gasteiger partial charge in [0, 0.05) is 23.8 Å². The first-order valence-electron chi connectivity index (χ1n) is 6.17. The summed E-state index contributed by atoms with van der Waals surface area (Å²) in [5.41, 5.74) is 9.13. The fourth-order valence-electron chi connectivity index (χ4n) is 1.94. The molecule has 0 aliphatic carbocycles. The number of nitrogens with zero attached hydrogens (tertiary/aromatic N) is 2. The number of nitrogens with one attached hydrogen (secondary N) is 1. The van der Waals surface area contributed by atoms with Crippen molar-refractivity contribution in [3.8, 4) is 0 Å². The minimum atomic E-state index is 0.685. The van der Waals surface area contributed by atoms with Gasteiger partial charge < -0.3 is 11.1 Å². The maximum absolute atomic E-state index is 5.63. The SMILES string of the molecule is CNc1cccc2ccc(N=C(C)/C=C(/C)N)nc12. The number of fused-ring (bicyclic) bond motifs is 1. The molecular weight excluding hydrogens is 236 g/mol. The molecule has 0 atom stereocenters. The Balaban J connectivity index is 2.49. The molecule has 2 rings (SSSR count). The highest BCUT2D eigenvalue weighted by molar-refractivity contribution is 5.96. The molecule has 3 N–H and O–H groups in total. The van der Waals surface area contributed by atoms with Crippen LogP contribution in [0, 0.1) is 0 Å². The summed E-state index contributed by atoms with van der Waals surface area (Å²) in [4.78, 5) is 9.02. The maximum Gasteiger partial charge on any atom is 0.152 e. The van der Waals surface area contributed by atoms with Crippen LogP contribution in [0.15, 0.2) is 47.1 Å². The fourth-order valence-corrected chi connectivity index (χ4v) is 1.94. The minimum absolute atomic E-state index is 0.685. The Morgan fingerprint density at radius 2 is 2.05 bits per heavy atom. The molecule has 0 aliphatic rings. The number of rotatable bonds is 3. The van der Waals surface area contributed by atoms with Gasteiger partial charge in [-0.3, -0.25) is 0 Å². The van der Waals surface area contributed by atoms with E-state index in [-0.39, 0.29) is 0 Å². The van der Waals surface area contributed by atoms with Crippen molar-refractivity contribution in [3.63, 3.8) is 0 Å².